The number of carbonyl (C=O) groups is 1. The van der Waals surface area contributed by atoms with E-state index in [1.54, 1.807) is 19.2 Å². The van der Waals surface area contributed by atoms with Crippen molar-refractivity contribution in [3.05, 3.63) is 62.0 Å². The molecule has 142 valence electrons. The Labute approximate surface area is 160 Å². The first-order valence-electron chi connectivity index (χ1n) is 8.49. The van der Waals surface area contributed by atoms with Gasteiger partial charge >= 0.3 is 5.69 Å². The molecule has 1 amide bonds. The van der Waals surface area contributed by atoms with Gasteiger partial charge < -0.3 is 9.88 Å². The molecule has 1 N–H and O–H groups in total. The van der Waals surface area contributed by atoms with Gasteiger partial charge in [-0.25, -0.2) is 14.3 Å². The summed E-state index contributed by atoms with van der Waals surface area (Å²) in [5, 5.41) is 3.48. The number of nitrogens with zero attached hydrogens (tertiary/aromatic N) is 4. The molecule has 0 radical (unpaired) electrons. The smallest absolute Gasteiger partial charge is 0.332 e. The lowest BCUT2D eigenvalue weighted by Crippen LogP contribution is -2.44. The number of benzene rings is 1. The maximum Gasteiger partial charge on any atom is 0.332 e. The summed E-state index contributed by atoms with van der Waals surface area (Å²) in [7, 11) is 3.19. The van der Waals surface area contributed by atoms with E-state index in [0.29, 0.717) is 11.4 Å². The summed E-state index contributed by atoms with van der Waals surface area (Å²) in [5.74, 6) is -0.419. The van der Waals surface area contributed by atoms with E-state index in [4.69, 9.17) is 11.6 Å². The molecule has 2 heterocycles. The fourth-order valence-electron chi connectivity index (χ4n) is 3.04. The number of aryl methyl sites for hydroxylation is 2. The Kier molecular flexibility index (Phi) is 5.18. The molecule has 1 atom stereocenters. The zero-order chi connectivity index (χ0) is 19.7. The molecule has 8 nitrogen and oxygen atoms in total. The zero-order valence-electron chi connectivity index (χ0n) is 15.3. The molecule has 1 aromatic carbocycles. The minimum Gasteiger partial charge on any atom is -0.348 e. The molecule has 0 aliphatic carbocycles. The SMILES string of the molecule is CC[C@H](NC(=O)Cn1c(=O)c2c(ncn2C)n(C)c1=O)c1ccc(Cl)cc1. The molecule has 3 aromatic rings. The van der Waals surface area contributed by atoms with Crippen LogP contribution in [0.25, 0.3) is 11.2 Å². The van der Waals surface area contributed by atoms with Gasteiger partial charge in [0.1, 0.15) is 6.54 Å². The van der Waals surface area contributed by atoms with E-state index in [-0.39, 0.29) is 23.8 Å². The summed E-state index contributed by atoms with van der Waals surface area (Å²) >= 11 is 5.90. The van der Waals surface area contributed by atoms with Crippen LogP contribution in [-0.2, 0) is 25.4 Å². The van der Waals surface area contributed by atoms with Crippen molar-refractivity contribution in [1.82, 2.24) is 24.0 Å². The highest BCUT2D eigenvalue weighted by Gasteiger charge is 2.19. The second kappa shape index (κ2) is 7.40. The summed E-state index contributed by atoms with van der Waals surface area (Å²) in [5.41, 5.74) is 0.340. The minimum atomic E-state index is -0.583. The number of aromatic nitrogens is 4. The standard InChI is InChI=1S/C18H20ClN5O3/c1-4-13(11-5-7-12(19)8-6-11)21-14(25)9-24-17(26)15-16(20-10-22(15)2)23(3)18(24)27/h5-8,10,13H,4,9H2,1-3H3,(H,21,25)/t13-/m0/s1. The van der Waals surface area contributed by atoms with Gasteiger partial charge in [-0.15, -0.1) is 0 Å². The van der Waals surface area contributed by atoms with Crippen molar-refractivity contribution in [3.63, 3.8) is 0 Å². The lowest BCUT2D eigenvalue weighted by atomic mass is 10.0. The van der Waals surface area contributed by atoms with Gasteiger partial charge in [-0.2, -0.15) is 0 Å². The van der Waals surface area contributed by atoms with Crippen LogP contribution in [0.3, 0.4) is 0 Å². The predicted octanol–water partition coefficient (Wildman–Crippen LogP) is 1.35. The van der Waals surface area contributed by atoms with Gasteiger partial charge in [0.25, 0.3) is 5.56 Å². The third-order valence-corrected chi connectivity index (χ3v) is 4.77. The van der Waals surface area contributed by atoms with Crippen molar-refractivity contribution < 1.29 is 4.79 Å². The number of rotatable bonds is 5. The van der Waals surface area contributed by atoms with E-state index in [1.165, 1.54) is 22.5 Å². The van der Waals surface area contributed by atoms with E-state index < -0.39 is 17.2 Å². The lowest BCUT2D eigenvalue weighted by Gasteiger charge is -2.18. The zero-order valence-corrected chi connectivity index (χ0v) is 16.0. The van der Waals surface area contributed by atoms with Crippen molar-refractivity contribution in [2.24, 2.45) is 14.1 Å². The van der Waals surface area contributed by atoms with Gasteiger partial charge in [0, 0.05) is 19.1 Å². The van der Waals surface area contributed by atoms with Crippen LogP contribution in [0.2, 0.25) is 5.02 Å². The van der Waals surface area contributed by atoms with Crippen LogP contribution in [0.5, 0.6) is 0 Å². The van der Waals surface area contributed by atoms with Gasteiger partial charge in [-0.1, -0.05) is 30.7 Å². The maximum absolute atomic E-state index is 12.7. The number of carbonyl (C=O) groups excluding carboxylic acids is 1. The number of amides is 1. The molecule has 0 aliphatic rings. The van der Waals surface area contributed by atoms with Crippen molar-refractivity contribution >= 4 is 28.7 Å². The third-order valence-electron chi connectivity index (χ3n) is 4.52. The number of hydrogen-bond donors (Lipinski definition) is 1. The van der Waals surface area contributed by atoms with Gasteiger partial charge in [0.2, 0.25) is 5.91 Å². The Morgan fingerprint density at radius 3 is 2.52 bits per heavy atom. The number of fused-ring (bicyclic) bond motifs is 1. The summed E-state index contributed by atoms with van der Waals surface area (Å²) in [6.07, 6.45) is 2.12. The van der Waals surface area contributed by atoms with Gasteiger partial charge in [0.15, 0.2) is 11.2 Å². The third kappa shape index (κ3) is 3.52. The Morgan fingerprint density at radius 1 is 1.22 bits per heavy atom. The Morgan fingerprint density at radius 2 is 1.89 bits per heavy atom. The minimum absolute atomic E-state index is 0.241. The molecule has 0 unspecified atom stereocenters. The van der Waals surface area contributed by atoms with Crippen molar-refractivity contribution in [2.45, 2.75) is 25.9 Å². The van der Waals surface area contributed by atoms with E-state index in [9.17, 15) is 14.4 Å². The largest absolute Gasteiger partial charge is 0.348 e. The highest BCUT2D eigenvalue weighted by Crippen LogP contribution is 2.19. The quantitative estimate of drug-likeness (QED) is 0.713. The molecule has 0 saturated carbocycles. The Hall–Kier alpha value is -2.87. The molecule has 0 spiro atoms. The summed E-state index contributed by atoms with van der Waals surface area (Å²) < 4.78 is 3.72. The summed E-state index contributed by atoms with van der Waals surface area (Å²) in [6.45, 7) is 1.57. The summed E-state index contributed by atoms with van der Waals surface area (Å²) in [6, 6.07) is 6.94. The van der Waals surface area contributed by atoms with Crippen LogP contribution in [0, 0.1) is 0 Å². The van der Waals surface area contributed by atoms with Crippen LogP contribution in [0.15, 0.2) is 40.2 Å². The highest BCUT2D eigenvalue weighted by molar-refractivity contribution is 6.30. The Balaban J connectivity index is 1.89. The number of halogens is 1. The number of hydrogen-bond acceptors (Lipinski definition) is 4. The van der Waals surface area contributed by atoms with Crippen LogP contribution in [0.4, 0.5) is 0 Å². The molecule has 3 rings (SSSR count). The normalized spacial score (nSPS) is 12.3. The van der Waals surface area contributed by atoms with Crippen molar-refractivity contribution in [3.8, 4) is 0 Å². The Bertz CT molecular complexity index is 1110. The van der Waals surface area contributed by atoms with Crippen molar-refractivity contribution in [1.29, 1.82) is 0 Å². The highest BCUT2D eigenvalue weighted by atomic mass is 35.5. The first-order chi connectivity index (χ1) is 12.8. The fourth-order valence-corrected chi connectivity index (χ4v) is 3.16. The first-order valence-corrected chi connectivity index (χ1v) is 8.87. The molecule has 27 heavy (non-hydrogen) atoms. The second-order valence-electron chi connectivity index (χ2n) is 6.34. The number of imidazole rings is 1. The molecule has 9 heteroatoms. The number of nitrogens with one attached hydrogen (secondary N) is 1. The molecule has 0 saturated heterocycles. The van der Waals surface area contributed by atoms with E-state index in [0.717, 1.165) is 10.1 Å². The monoisotopic (exact) mass is 389 g/mol. The molecule has 0 bridgehead atoms. The maximum atomic E-state index is 12.7. The average Bonchev–Trinajstić information content (AvgIpc) is 3.04. The van der Waals surface area contributed by atoms with Crippen LogP contribution in [0.1, 0.15) is 24.9 Å². The van der Waals surface area contributed by atoms with Gasteiger partial charge in [-0.05, 0) is 24.1 Å². The second-order valence-corrected chi connectivity index (χ2v) is 6.78. The topological polar surface area (TPSA) is 90.9 Å². The van der Waals surface area contributed by atoms with E-state index in [1.807, 2.05) is 19.1 Å². The molecular weight excluding hydrogens is 370 g/mol. The predicted molar refractivity (Wildman–Crippen MR) is 103 cm³/mol. The van der Waals surface area contributed by atoms with Crippen LogP contribution in [-0.4, -0.2) is 24.6 Å². The van der Waals surface area contributed by atoms with Crippen LogP contribution >= 0.6 is 11.6 Å². The first kappa shape index (κ1) is 18.9. The van der Waals surface area contributed by atoms with E-state index in [2.05, 4.69) is 10.3 Å². The molecule has 0 fully saturated rings. The van der Waals surface area contributed by atoms with Gasteiger partial charge in [-0.3, -0.25) is 14.2 Å². The molecule has 0 aliphatic heterocycles. The van der Waals surface area contributed by atoms with Crippen LogP contribution < -0.4 is 16.6 Å². The fraction of sp³-hybridized carbons (Fsp3) is 0.333. The lowest BCUT2D eigenvalue weighted by molar-refractivity contribution is -0.122. The molecule has 2 aromatic heterocycles. The summed E-state index contributed by atoms with van der Waals surface area (Å²) in [4.78, 5) is 41.8. The van der Waals surface area contributed by atoms with Crippen molar-refractivity contribution in [2.75, 3.05) is 0 Å². The van der Waals surface area contributed by atoms with Gasteiger partial charge in [0.05, 0.1) is 12.4 Å². The van der Waals surface area contributed by atoms with E-state index >= 15 is 0 Å². The molecular formula is C18H20ClN5O3. The average molecular weight is 390 g/mol.